The lowest BCUT2D eigenvalue weighted by Gasteiger charge is -2.29. The highest BCUT2D eigenvalue weighted by atomic mass is 15.2. The van der Waals surface area contributed by atoms with E-state index in [1.165, 1.54) is 19.3 Å². The number of rotatable bonds is 8. The Bertz CT molecular complexity index is 338. The predicted octanol–water partition coefficient (Wildman–Crippen LogP) is 2.73. The summed E-state index contributed by atoms with van der Waals surface area (Å²) in [4.78, 5) is 7.02. The zero-order chi connectivity index (χ0) is 13.4. The molecule has 0 fully saturated rings. The molecule has 102 valence electrons. The average molecular weight is 249 g/mol. The number of pyridine rings is 1. The molecule has 3 nitrogen and oxygen atoms in total. The fourth-order valence-electron chi connectivity index (χ4n) is 2.28. The number of hydrogen-bond donors (Lipinski definition) is 1. The highest BCUT2D eigenvalue weighted by Crippen LogP contribution is 2.11. The predicted molar refractivity (Wildman–Crippen MR) is 77.4 cm³/mol. The SMILES string of the molecule is CCCCC(CN)N(CC)Cc1cccc(C)n1. The molecule has 0 aliphatic heterocycles. The summed E-state index contributed by atoms with van der Waals surface area (Å²) in [6, 6.07) is 6.70. The molecule has 1 heterocycles. The fraction of sp³-hybridized carbons (Fsp3) is 0.667. The first kappa shape index (κ1) is 15.1. The first-order chi connectivity index (χ1) is 8.71. The second kappa shape index (κ2) is 8.22. The molecule has 0 amide bonds. The van der Waals surface area contributed by atoms with Crippen LogP contribution in [-0.4, -0.2) is 29.0 Å². The molecule has 0 saturated carbocycles. The van der Waals surface area contributed by atoms with Crippen molar-refractivity contribution in [2.24, 2.45) is 5.73 Å². The molecule has 3 heteroatoms. The summed E-state index contributed by atoms with van der Waals surface area (Å²) in [6.45, 7) is 9.14. The summed E-state index contributed by atoms with van der Waals surface area (Å²) >= 11 is 0. The van der Waals surface area contributed by atoms with Crippen molar-refractivity contribution in [3.05, 3.63) is 29.6 Å². The van der Waals surface area contributed by atoms with Crippen LogP contribution in [0.1, 0.15) is 44.5 Å². The molecule has 0 bridgehead atoms. The van der Waals surface area contributed by atoms with E-state index in [9.17, 15) is 0 Å². The summed E-state index contributed by atoms with van der Waals surface area (Å²) < 4.78 is 0. The molecular weight excluding hydrogens is 222 g/mol. The topological polar surface area (TPSA) is 42.1 Å². The van der Waals surface area contributed by atoms with Crippen molar-refractivity contribution in [1.29, 1.82) is 0 Å². The lowest BCUT2D eigenvalue weighted by atomic mass is 10.1. The summed E-state index contributed by atoms with van der Waals surface area (Å²) in [5, 5.41) is 0. The highest BCUT2D eigenvalue weighted by molar-refractivity contribution is 5.09. The van der Waals surface area contributed by atoms with Crippen molar-refractivity contribution in [3.63, 3.8) is 0 Å². The lowest BCUT2D eigenvalue weighted by molar-refractivity contribution is 0.187. The molecule has 0 aromatic carbocycles. The first-order valence-electron chi connectivity index (χ1n) is 7.07. The Labute approximate surface area is 111 Å². The smallest absolute Gasteiger partial charge is 0.0547 e. The van der Waals surface area contributed by atoms with Crippen LogP contribution in [0.15, 0.2) is 18.2 Å². The maximum Gasteiger partial charge on any atom is 0.0547 e. The lowest BCUT2D eigenvalue weighted by Crippen LogP contribution is -2.40. The number of aromatic nitrogens is 1. The van der Waals surface area contributed by atoms with Gasteiger partial charge in [0.15, 0.2) is 0 Å². The number of hydrogen-bond acceptors (Lipinski definition) is 3. The Hall–Kier alpha value is -0.930. The van der Waals surface area contributed by atoms with Gasteiger partial charge in [-0.15, -0.1) is 0 Å². The van der Waals surface area contributed by atoms with Crippen molar-refractivity contribution in [3.8, 4) is 0 Å². The van der Waals surface area contributed by atoms with Gasteiger partial charge < -0.3 is 5.73 Å². The van der Waals surface area contributed by atoms with Gasteiger partial charge in [-0.05, 0) is 32.0 Å². The summed E-state index contributed by atoms with van der Waals surface area (Å²) in [6.07, 6.45) is 3.67. The quantitative estimate of drug-likeness (QED) is 0.770. The summed E-state index contributed by atoms with van der Waals surface area (Å²) in [5.41, 5.74) is 8.14. The van der Waals surface area contributed by atoms with E-state index in [0.29, 0.717) is 6.04 Å². The normalized spacial score (nSPS) is 12.9. The molecule has 0 aliphatic rings. The monoisotopic (exact) mass is 249 g/mol. The maximum atomic E-state index is 5.91. The van der Waals surface area contributed by atoms with Crippen LogP contribution in [-0.2, 0) is 6.54 Å². The number of nitrogens with two attached hydrogens (primary N) is 1. The second-order valence-electron chi connectivity index (χ2n) is 4.87. The van der Waals surface area contributed by atoms with Crippen molar-refractivity contribution in [2.45, 2.75) is 52.6 Å². The van der Waals surface area contributed by atoms with Crippen LogP contribution in [0.25, 0.3) is 0 Å². The van der Waals surface area contributed by atoms with Gasteiger partial charge in [0.2, 0.25) is 0 Å². The van der Waals surface area contributed by atoms with E-state index in [-0.39, 0.29) is 0 Å². The van der Waals surface area contributed by atoms with E-state index in [2.05, 4.69) is 35.9 Å². The molecule has 1 aromatic heterocycles. The molecule has 1 unspecified atom stereocenters. The van der Waals surface area contributed by atoms with Crippen LogP contribution < -0.4 is 5.73 Å². The van der Waals surface area contributed by atoms with Crippen molar-refractivity contribution < 1.29 is 0 Å². The Morgan fingerprint density at radius 3 is 2.67 bits per heavy atom. The van der Waals surface area contributed by atoms with Gasteiger partial charge in [0.05, 0.1) is 5.69 Å². The minimum Gasteiger partial charge on any atom is -0.329 e. The highest BCUT2D eigenvalue weighted by Gasteiger charge is 2.15. The fourth-order valence-corrected chi connectivity index (χ4v) is 2.28. The number of likely N-dealkylation sites (N-methyl/N-ethyl adjacent to an activating group) is 1. The van der Waals surface area contributed by atoms with Crippen LogP contribution in [0.4, 0.5) is 0 Å². The van der Waals surface area contributed by atoms with E-state index in [1.807, 2.05) is 13.0 Å². The molecule has 0 aliphatic carbocycles. The summed E-state index contributed by atoms with van der Waals surface area (Å²) in [7, 11) is 0. The Kier molecular flexibility index (Phi) is 6.91. The second-order valence-corrected chi connectivity index (χ2v) is 4.87. The van der Waals surface area contributed by atoms with E-state index in [0.717, 1.165) is 31.0 Å². The third-order valence-corrected chi connectivity index (χ3v) is 3.40. The molecule has 0 spiro atoms. The van der Waals surface area contributed by atoms with Gasteiger partial charge in [-0.25, -0.2) is 0 Å². The van der Waals surface area contributed by atoms with Crippen LogP contribution >= 0.6 is 0 Å². The third-order valence-electron chi connectivity index (χ3n) is 3.40. The molecule has 0 radical (unpaired) electrons. The maximum absolute atomic E-state index is 5.91. The van der Waals surface area contributed by atoms with Crippen molar-refractivity contribution in [1.82, 2.24) is 9.88 Å². The van der Waals surface area contributed by atoms with E-state index >= 15 is 0 Å². The number of aryl methyl sites for hydroxylation is 1. The van der Waals surface area contributed by atoms with E-state index < -0.39 is 0 Å². The zero-order valence-corrected chi connectivity index (χ0v) is 12.0. The molecule has 1 aromatic rings. The Morgan fingerprint density at radius 2 is 2.11 bits per heavy atom. The Morgan fingerprint density at radius 1 is 1.33 bits per heavy atom. The molecule has 1 atom stereocenters. The van der Waals surface area contributed by atoms with Gasteiger partial charge in [-0.1, -0.05) is 32.8 Å². The minimum absolute atomic E-state index is 0.484. The first-order valence-corrected chi connectivity index (χ1v) is 7.07. The molecule has 0 saturated heterocycles. The van der Waals surface area contributed by atoms with Crippen LogP contribution in [0.5, 0.6) is 0 Å². The van der Waals surface area contributed by atoms with Gasteiger partial charge in [-0.3, -0.25) is 9.88 Å². The van der Waals surface area contributed by atoms with Gasteiger partial charge in [0.1, 0.15) is 0 Å². The number of unbranched alkanes of at least 4 members (excludes halogenated alkanes) is 1. The van der Waals surface area contributed by atoms with Crippen LogP contribution in [0.2, 0.25) is 0 Å². The Balaban J connectivity index is 2.64. The standard InChI is InChI=1S/C15H27N3/c1-4-6-10-15(11-16)18(5-2)12-14-9-7-8-13(3)17-14/h7-9,15H,4-6,10-12,16H2,1-3H3. The van der Waals surface area contributed by atoms with Gasteiger partial charge >= 0.3 is 0 Å². The number of nitrogens with zero attached hydrogens (tertiary/aromatic N) is 2. The van der Waals surface area contributed by atoms with Gasteiger partial charge in [0, 0.05) is 24.8 Å². The molecular formula is C15H27N3. The molecule has 18 heavy (non-hydrogen) atoms. The summed E-state index contributed by atoms with van der Waals surface area (Å²) in [5.74, 6) is 0. The van der Waals surface area contributed by atoms with Crippen molar-refractivity contribution >= 4 is 0 Å². The third kappa shape index (κ3) is 4.75. The van der Waals surface area contributed by atoms with E-state index in [1.54, 1.807) is 0 Å². The largest absolute Gasteiger partial charge is 0.329 e. The van der Waals surface area contributed by atoms with Gasteiger partial charge in [0.25, 0.3) is 0 Å². The van der Waals surface area contributed by atoms with E-state index in [4.69, 9.17) is 5.73 Å². The zero-order valence-electron chi connectivity index (χ0n) is 12.0. The van der Waals surface area contributed by atoms with Gasteiger partial charge in [-0.2, -0.15) is 0 Å². The van der Waals surface area contributed by atoms with Crippen molar-refractivity contribution in [2.75, 3.05) is 13.1 Å². The average Bonchev–Trinajstić information content (AvgIpc) is 2.38. The molecule has 2 N–H and O–H groups in total. The minimum atomic E-state index is 0.484. The molecule has 1 rings (SSSR count). The van der Waals surface area contributed by atoms with Crippen LogP contribution in [0.3, 0.4) is 0 Å². The van der Waals surface area contributed by atoms with Crippen LogP contribution in [0, 0.1) is 6.92 Å².